The monoisotopic (exact) mass is 451 g/mol. The van der Waals surface area contributed by atoms with Crippen LogP contribution in [0.3, 0.4) is 0 Å². The summed E-state index contributed by atoms with van der Waals surface area (Å²) in [6.45, 7) is 4.16. The third-order valence-corrected chi connectivity index (χ3v) is 5.09. The van der Waals surface area contributed by atoms with E-state index < -0.39 is 23.8 Å². The van der Waals surface area contributed by atoms with Crippen LogP contribution in [-0.2, 0) is 25.0 Å². The first kappa shape index (κ1) is 25.5. The maximum atomic E-state index is 14.4. The van der Waals surface area contributed by atoms with Gasteiger partial charge in [0.05, 0.1) is 18.8 Å². The summed E-state index contributed by atoms with van der Waals surface area (Å²) < 4.78 is 38.9. The Labute approximate surface area is 187 Å². The molecule has 0 aliphatic carbocycles. The molecule has 1 aliphatic rings. The van der Waals surface area contributed by atoms with Crippen molar-refractivity contribution in [2.75, 3.05) is 13.2 Å². The minimum Gasteiger partial charge on any atom is -0.463 e. The second kappa shape index (κ2) is 12.3. The van der Waals surface area contributed by atoms with Crippen LogP contribution in [0.25, 0.3) is 0 Å². The number of allylic oxidation sites excluding steroid dienone is 1. The summed E-state index contributed by atoms with van der Waals surface area (Å²) in [5.41, 5.74) is -0.369. The maximum Gasteiger partial charge on any atom is 0.410 e. The van der Waals surface area contributed by atoms with E-state index in [0.717, 1.165) is 18.9 Å². The molecular weight excluding hydrogens is 420 g/mol. The van der Waals surface area contributed by atoms with Gasteiger partial charge >= 0.3 is 18.0 Å². The molecule has 1 heterocycles. The van der Waals surface area contributed by atoms with Crippen LogP contribution in [0.4, 0.5) is 13.6 Å². The van der Waals surface area contributed by atoms with Crippen LogP contribution in [0.5, 0.6) is 0 Å². The van der Waals surface area contributed by atoms with Gasteiger partial charge in [-0.1, -0.05) is 49.2 Å². The molecule has 0 bridgehead atoms. The lowest BCUT2D eigenvalue weighted by atomic mass is 10.0. The summed E-state index contributed by atoms with van der Waals surface area (Å²) in [6.07, 6.45) is 5.32. The SMILES string of the molecule is CC(C)OC(=O)CCCCCCN1C(=O)OCC[C@@H]1C=CC(=O)C(F)(F)c1ccccc1. The summed E-state index contributed by atoms with van der Waals surface area (Å²) in [4.78, 5) is 37.3. The first-order chi connectivity index (χ1) is 15.2. The Morgan fingerprint density at radius 3 is 2.56 bits per heavy atom. The van der Waals surface area contributed by atoms with Crippen LogP contribution in [0.15, 0.2) is 42.5 Å². The van der Waals surface area contributed by atoms with Gasteiger partial charge in [-0.2, -0.15) is 8.78 Å². The molecule has 1 saturated heterocycles. The molecule has 8 heteroatoms. The molecule has 32 heavy (non-hydrogen) atoms. The van der Waals surface area contributed by atoms with E-state index in [9.17, 15) is 23.2 Å². The molecule has 1 aliphatic heterocycles. The van der Waals surface area contributed by atoms with Crippen LogP contribution in [0.2, 0.25) is 0 Å². The van der Waals surface area contributed by atoms with Crippen molar-refractivity contribution in [3.63, 3.8) is 0 Å². The molecule has 6 nitrogen and oxygen atoms in total. The van der Waals surface area contributed by atoms with Crippen molar-refractivity contribution in [3.05, 3.63) is 48.0 Å². The number of alkyl halides is 2. The van der Waals surface area contributed by atoms with Gasteiger partial charge in [0, 0.05) is 24.9 Å². The van der Waals surface area contributed by atoms with Crippen molar-refractivity contribution in [1.29, 1.82) is 0 Å². The first-order valence-electron chi connectivity index (χ1n) is 11.0. The predicted molar refractivity (Wildman–Crippen MR) is 115 cm³/mol. The standard InChI is InChI=1S/C24H31F2NO5/c1-18(2)32-22(29)12-8-3-4-9-16-27-20(15-17-31-23(27)30)13-14-21(28)24(25,26)19-10-6-5-7-11-19/h5-7,10-11,13-14,18,20H,3-4,8-9,12,15-17H2,1-2H3/t20-/m0/s1. The average molecular weight is 452 g/mol. The van der Waals surface area contributed by atoms with E-state index in [2.05, 4.69) is 0 Å². The van der Waals surface area contributed by atoms with E-state index >= 15 is 0 Å². The Morgan fingerprint density at radius 1 is 1.19 bits per heavy atom. The van der Waals surface area contributed by atoms with E-state index in [1.165, 1.54) is 35.2 Å². The average Bonchev–Trinajstić information content (AvgIpc) is 2.75. The third kappa shape index (κ3) is 7.73. The number of amides is 1. The normalized spacial score (nSPS) is 17.0. The number of rotatable bonds is 12. The molecule has 0 N–H and O–H groups in total. The highest BCUT2D eigenvalue weighted by Crippen LogP contribution is 2.29. The zero-order valence-electron chi connectivity index (χ0n) is 18.6. The number of benzene rings is 1. The molecule has 1 aromatic carbocycles. The Balaban J connectivity index is 1.84. The lowest BCUT2D eigenvalue weighted by Gasteiger charge is -2.33. The Bertz CT molecular complexity index is 795. The van der Waals surface area contributed by atoms with Gasteiger partial charge in [0.1, 0.15) is 0 Å². The van der Waals surface area contributed by atoms with Crippen molar-refractivity contribution < 1.29 is 32.6 Å². The molecule has 176 valence electrons. The van der Waals surface area contributed by atoms with Crippen LogP contribution < -0.4 is 0 Å². The first-order valence-corrected chi connectivity index (χ1v) is 11.0. The fourth-order valence-corrected chi connectivity index (χ4v) is 3.42. The number of esters is 1. The van der Waals surface area contributed by atoms with Gasteiger partial charge in [-0.15, -0.1) is 0 Å². The van der Waals surface area contributed by atoms with E-state index in [4.69, 9.17) is 9.47 Å². The zero-order valence-corrected chi connectivity index (χ0v) is 18.6. The fourth-order valence-electron chi connectivity index (χ4n) is 3.42. The minimum absolute atomic E-state index is 0.128. The van der Waals surface area contributed by atoms with Crippen molar-refractivity contribution in [2.45, 2.75) is 70.4 Å². The van der Waals surface area contributed by atoms with E-state index in [1.54, 1.807) is 19.9 Å². The lowest BCUT2D eigenvalue weighted by Crippen LogP contribution is -2.45. The van der Waals surface area contributed by atoms with Crippen LogP contribution in [-0.4, -0.2) is 48.0 Å². The van der Waals surface area contributed by atoms with E-state index in [1.807, 2.05) is 0 Å². The topological polar surface area (TPSA) is 72.9 Å². The van der Waals surface area contributed by atoms with Crippen LogP contribution in [0, 0.1) is 0 Å². The van der Waals surface area contributed by atoms with Gasteiger partial charge in [0.15, 0.2) is 0 Å². The molecule has 0 saturated carbocycles. The highest BCUT2D eigenvalue weighted by molar-refractivity contribution is 5.96. The largest absolute Gasteiger partial charge is 0.463 e. The molecule has 0 aromatic heterocycles. The summed E-state index contributed by atoms with van der Waals surface area (Å²) in [5.74, 6) is -5.17. The smallest absolute Gasteiger partial charge is 0.410 e. The third-order valence-electron chi connectivity index (χ3n) is 5.09. The van der Waals surface area contributed by atoms with E-state index in [0.29, 0.717) is 32.2 Å². The summed E-state index contributed by atoms with van der Waals surface area (Å²) in [5, 5.41) is 0. The van der Waals surface area contributed by atoms with Gasteiger partial charge < -0.3 is 14.4 Å². The number of hydrogen-bond donors (Lipinski definition) is 0. The Kier molecular flexibility index (Phi) is 9.81. The number of nitrogens with zero attached hydrogens (tertiary/aromatic N) is 1. The number of ether oxygens (including phenoxy) is 2. The number of halogens is 2. The molecule has 1 fully saturated rings. The van der Waals surface area contributed by atoms with Gasteiger partial charge in [0.25, 0.3) is 0 Å². The molecule has 0 unspecified atom stereocenters. The Hall–Kier alpha value is -2.77. The van der Waals surface area contributed by atoms with Gasteiger partial charge in [-0.3, -0.25) is 9.59 Å². The predicted octanol–water partition coefficient (Wildman–Crippen LogP) is 5.02. The van der Waals surface area contributed by atoms with Crippen molar-refractivity contribution in [3.8, 4) is 0 Å². The Morgan fingerprint density at radius 2 is 1.88 bits per heavy atom. The second-order valence-corrected chi connectivity index (χ2v) is 8.03. The van der Waals surface area contributed by atoms with E-state index in [-0.39, 0.29) is 24.2 Å². The molecule has 1 aromatic rings. The highest BCUT2D eigenvalue weighted by atomic mass is 19.3. The number of cyclic esters (lactones) is 1. The quantitative estimate of drug-likeness (QED) is 0.254. The summed E-state index contributed by atoms with van der Waals surface area (Å²) in [7, 11) is 0. The van der Waals surface area contributed by atoms with Crippen molar-refractivity contribution in [2.24, 2.45) is 0 Å². The van der Waals surface area contributed by atoms with Gasteiger partial charge in [-0.05, 0) is 32.8 Å². The minimum atomic E-state index is -3.63. The zero-order chi connectivity index (χ0) is 23.6. The van der Waals surface area contributed by atoms with Crippen LogP contribution in [0.1, 0.15) is 57.9 Å². The lowest BCUT2D eigenvalue weighted by molar-refractivity contribution is -0.147. The molecule has 2 rings (SSSR count). The summed E-state index contributed by atoms with van der Waals surface area (Å²) in [6, 6.07) is 6.44. The van der Waals surface area contributed by atoms with Crippen molar-refractivity contribution >= 4 is 17.8 Å². The van der Waals surface area contributed by atoms with Crippen molar-refractivity contribution in [1.82, 2.24) is 4.90 Å². The van der Waals surface area contributed by atoms with Gasteiger partial charge in [-0.25, -0.2) is 4.79 Å². The second-order valence-electron chi connectivity index (χ2n) is 8.03. The molecule has 1 amide bonds. The van der Waals surface area contributed by atoms with Crippen LogP contribution >= 0.6 is 0 Å². The molecular formula is C24H31F2NO5. The number of carbonyl (C=O) groups is 3. The number of ketones is 1. The molecule has 1 atom stereocenters. The number of hydrogen-bond acceptors (Lipinski definition) is 5. The number of carbonyl (C=O) groups excluding carboxylic acids is 3. The number of unbranched alkanes of at least 4 members (excludes halogenated alkanes) is 3. The summed E-state index contributed by atoms with van der Waals surface area (Å²) >= 11 is 0. The maximum absolute atomic E-state index is 14.4. The molecule has 0 radical (unpaired) electrons. The highest BCUT2D eigenvalue weighted by Gasteiger charge is 2.39. The fraction of sp³-hybridized carbons (Fsp3) is 0.542. The molecule has 0 spiro atoms. The van der Waals surface area contributed by atoms with Gasteiger partial charge in [0.2, 0.25) is 5.78 Å².